The number of hydrogen-bond donors (Lipinski definition) is 1. The molecule has 10 heteroatoms. The van der Waals surface area contributed by atoms with Crippen LogP contribution in [0.3, 0.4) is 0 Å². The third-order valence-corrected chi connectivity index (χ3v) is 8.55. The Balaban J connectivity index is 1.30. The van der Waals surface area contributed by atoms with Crippen molar-refractivity contribution in [3.63, 3.8) is 0 Å². The van der Waals surface area contributed by atoms with Crippen molar-refractivity contribution in [2.75, 3.05) is 34.4 Å². The van der Waals surface area contributed by atoms with Crippen LogP contribution < -0.4 is 15.2 Å². The predicted molar refractivity (Wildman–Crippen MR) is 170 cm³/mol. The monoisotopic (exact) mass is 610 g/mol. The summed E-state index contributed by atoms with van der Waals surface area (Å²) >= 11 is 0. The molecule has 0 bridgehead atoms. The first-order valence-electron chi connectivity index (χ1n) is 15.1. The van der Waals surface area contributed by atoms with E-state index < -0.39 is 29.7 Å². The van der Waals surface area contributed by atoms with Gasteiger partial charge in [0, 0.05) is 32.6 Å². The van der Waals surface area contributed by atoms with Gasteiger partial charge in [0.1, 0.15) is 35.3 Å². The lowest BCUT2D eigenvalue weighted by molar-refractivity contribution is -0.0944. The summed E-state index contributed by atoms with van der Waals surface area (Å²) in [6, 6.07) is 27.1. The minimum atomic E-state index is -1.06. The normalized spacial score (nSPS) is 20.9. The highest BCUT2D eigenvalue weighted by Crippen LogP contribution is 2.42. The Labute approximate surface area is 262 Å². The fourth-order valence-corrected chi connectivity index (χ4v) is 6.07. The van der Waals surface area contributed by atoms with Crippen molar-refractivity contribution in [1.29, 1.82) is 0 Å². The molecule has 1 N–H and O–H groups in total. The molecule has 0 spiro atoms. The second-order valence-corrected chi connectivity index (χ2v) is 11.3. The summed E-state index contributed by atoms with van der Waals surface area (Å²) in [5.41, 5.74) is 1.10. The Morgan fingerprint density at radius 1 is 0.933 bits per heavy atom. The number of aliphatic hydroxyl groups excluding tert-OH is 1. The SMILES string of the molecule is COc1ccc(C(OC[C@H]2O[C@@H](n3ccc(/N=C4/CCCN4C)nc3=O)CC2O)(c2ccccc2)c2ccc(OC)cc2)cc1. The van der Waals surface area contributed by atoms with Crippen molar-refractivity contribution in [2.24, 2.45) is 4.99 Å². The van der Waals surface area contributed by atoms with Crippen LogP contribution in [-0.2, 0) is 15.1 Å². The number of aliphatic imine (C=N–C) groups is 1. The van der Waals surface area contributed by atoms with Crippen LogP contribution >= 0.6 is 0 Å². The number of aromatic nitrogens is 2. The molecule has 2 aliphatic heterocycles. The van der Waals surface area contributed by atoms with Gasteiger partial charge < -0.3 is 29.0 Å². The van der Waals surface area contributed by atoms with E-state index in [0.717, 1.165) is 53.4 Å². The molecule has 2 fully saturated rings. The van der Waals surface area contributed by atoms with E-state index in [1.807, 2.05) is 85.9 Å². The molecule has 10 nitrogen and oxygen atoms in total. The molecule has 1 aromatic heterocycles. The number of methoxy groups -OCH3 is 2. The number of ether oxygens (including phenoxy) is 4. The summed E-state index contributed by atoms with van der Waals surface area (Å²) < 4.78 is 25.5. The van der Waals surface area contributed by atoms with E-state index in [1.54, 1.807) is 26.5 Å². The Hall–Kier alpha value is -4.51. The average molecular weight is 611 g/mol. The lowest BCUT2D eigenvalue weighted by Gasteiger charge is -2.37. The summed E-state index contributed by atoms with van der Waals surface area (Å²) in [5, 5.41) is 11.1. The zero-order valence-corrected chi connectivity index (χ0v) is 25.7. The summed E-state index contributed by atoms with van der Waals surface area (Å²) in [5.74, 6) is 2.73. The third-order valence-electron chi connectivity index (χ3n) is 8.55. The standard InChI is InChI=1S/C35H38N4O6/c1-38-20-7-10-32(38)36-31-19-21-39(34(41)37-31)33-22-29(40)30(45-33)23-44-35(24-8-5-4-6-9-24,25-11-15-27(42-2)16-12-25)26-13-17-28(43-3)18-14-26/h4-6,8-9,11-19,21,29-30,33,40H,7,10,20,22-23H2,1-3H3/b36-32-/t29?,30-,33-/m1/s1. The van der Waals surface area contributed by atoms with Gasteiger partial charge in [-0.3, -0.25) is 4.57 Å². The van der Waals surface area contributed by atoms with E-state index in [0.29, 0.717) is 5.82 Å². The molecule has 1 unspecified atom stereocenters. The number of benzene rings is 3. The van der Waals surface area contributed by atoms with Crippen molar-refractivity contribution in [3.05, 3.63) is 118 Å². The Morgan fingerprint density at radius 3 is 2.11 bits per heavy atom. The molecular formula is C35H38N4O6. The molecule has 3 heterocycles. The molecular weight excluding hydrogens is 572 g/mol. The van der Waals surface area contributed by atoms with Gasteiger partial charge in [-0.25, -0.2) is 9.79 Å². The van der Waals surface area contributed by atoms with Gasteiger partial charge in [-0.1, -0.05) is 54.6 Å². The Kier molecular flexibility index (Phi) is 8.97. The highest BCUT2D eigenvalue weighted by atomic mass is 16.6. The highest BCUT2D eigenvalue weighted by molar-refractivity contribution is 5.85. The van der Waals surface area contributed by atoms with E-state index in [2.05, 4.69) is 14.9 Å². The molecule has 2 aliphatic rings. The van der Waals surface area contributed by atoms with Crippen LogP contribution in [0.15, 0.2) is 101 Å². The van der Waals surface area contributed by atoms with Crippen molar-refractivity contribution >= 4 is 11.7 Å². The minimum absolute atomic E-state index is 0.0465. The number of likely N-dealkylation sites (tertiary alicyclic amines) is 1. The molecule has 3 aromatic carbocycles. The van der Waals surface area contributed by atoms with Crippen molar-refractivity contribution in [3.8, 4) is 11.5 Å². The second kappa shape index (κ2) is 13.2. The van der Waals surface area contributed by atoms with Gasteiger partial charge in [0.25, 0.3) is 0 Å². The number of nitrogens with zero attached hydrogens (tertiary/aromatic N) is 4. The van der Waals surface area contributed by atoms with Crippen LogP contribution in [0, 0.1) is 0 Å². The van der Waals surface area contributed by atoms with Gasteiger partial charge in [0.2, 0.25) is 0 Å². The molecule has 0 saturated carbocycles. The van der Waals surface area contributed by atoms with E-state index in [4.69, 9.17) is 18.9 Å². The van der Waals surface area contributed by atoms with Crippen LogP contribution in [0.25, 0.3) is 0 Å². The first kappa shape index (κ1) is 30.5. The van der Waals surface area contributed by atoms with Gasteiger partial charge in [0.15, 0.2) is 5.82 Å². The molecule has 6 rings (SSSR count). The molecule has 45 heavy (non-hydrogen) atoms. The number of amidine groups is 1. The molecule has 4 aromatic rings. The smallest absolute Gasteiger partial charge is 0.351 e. The predicted octanol–water partition coefficient (Wildman–Crippen LogP) is 4.67. The fourth-order valence-electron chi connectivity index (χ4n) is 6.07. The minimum Gasteiger partial charge on any atom is -0.497 e. The van der Waals surface area contributed by atoms with Gasteiger partial charge in [-0.2, -0.15) is 4.98 Å². The summed E-state index contributed by atoms with van der Waals surface area (Å²) in [4.78, 5) is 23.8. The van der Waals surface area contributed by atoms with E-state index in [-0.39, 0.29) is 13.0 Å². The molecule has 0 aliphatic carbocycles. The largest absolute Gasteiger partial charge is 0.497 e. The van der Waals surface area contributed by atoms with Crippen LogP contribution in [0.4, 0.5) is 5.82 Å². The second-order valence-electron chi connectivity index (χ2n) is 11.3. The van der Waals surface area contributed by atoms with Gasteiger partial charge in [-0.15, -0.1) is 0 Å². The van der Waals surface area contributed by atoms with Gasteiger partial charge in [0.05, 0.1) is 26.9 Å². The zero-order valence-electron chi connectivity index (χ0n) is 25.7. The summed E-state index contributed by atoms with van der Waals surface area (Å²) in [7, 11) is 5.24. The van der Waals surface area contributed by atoms with Crippen LogP contribution in [0.1, 0.15) is 42.2 Å². The average Bonchev–Trinajstić information content (AvgIpc) is 3.66. The molecule has 234 valence electrons. The Morgan fingerprint density at radius 2 is 1.56 bits per heavy atom. The molecule has 0 radical (unpaired) electrons. The maximum absolute atomic E-state index is 13.0. The first-order valence-corrected chi connectivity index (χ1v) is 15.1. The third kappa shape index (κ3) is 6.22. The highest BCUT2D eigenvalue weighted by Gasteiger charge is 2.42. The Bertz CT molecular complexity index is 1630. The maximum Gasteiger partial charge on any atom is 0.351 e. The summed E-state index contributed by atoms with van der Waals surface area (Å²) in [6.07, 6.45) is 1.48. The number of aliphatic hydroxyl groups is 1. The van der Waals surface area contributed by atoms with Gasteiger partial charge in [-0.05, 0) is 53.4 Å². The van der Waals surface area contributed by atoms with E-state index in [9.17, 15) is 9.90 Å². The lowest BCUT2D eigenvalue weighted by atomic mass is 9.80. The fraction of sp³-hybridized carbons (Fsp3) is 0.343. The zero-order chi connectivity index (χ0) is 31.4. The van der Waals surface area contributed by atoms with Gasteiger partial charge >= 0.3 is 5.69 Å². The maximum atomic E-state index is 13.0. The topological polar surface area (TPSA) is 108 Å². The lowest BCUT2D eigenvalue weighted by Crippen LogP contribution is -2.38. The first-order chi connectivity index (χ1) is 21.9. The van der Waals surface area contributed by atoms with Crippen LogP contribution in [0.2, 0.25) is 0 Å². The van der Waals surface area contributed by atoms with Crippen molar-refractivity contribution in [1.82, 2.24) is 14.5 Å². The molecule has 2 saturated heterocycles. The quantitative estimate of drug-likeness (QED) is 0.258. The van der Waals surface area contributed by atoms with Crippen molar-refractivity contribution in [2.45, 2.75) is 43.3 Å². The molecule has 3 atom stereocenters. The van der Waals surface area contributed by atoms with Crippen LogP contribution in [0.5, 0.6) is 11.5 Å². The summed E-state index contributed by atoms with van der Waals surface area (Å²) in [6.45, 7) is 0.987. The van der Waals surface area contributed by atoms with Crippen molar-refractivity contribution < 1.29 is 24.1 Å². The van der Waals surface area contributed by atoms with E-state index in [1.165, 1.54) is 4.57 Å². The number of rotatable bonds is 10. The number of hydrogen-bond acceptors (Lipinski definition) is 8. The van der Waals surface area contributed by atoms with E-state index >= 15 is 0 Å². The molecule has 0 amide bonds. The van der Waals surface area contributed by atoms with Crippen LogP contribution in [-0.4, -0.2) is 72.0 Å².